The van der Waals surface area contributed by atoms with E-state index in [1.54, 1.807) is 30.4 Å². The highest BCUT2D eigenvalue weighted by molar-refractivity contribution is 5.91. The first-order chi connectivity index (χ1) is 15.3. The second-order valence-electron chi connectivity index (χ2n) is 8.75. The number of anilines is 1. The first kappa shape index (κ1) is 22.2. The van der Waals surface area contributed by atoms with Crippen LogP contribution in [-0.2, 0) is 22.6 Å². The Morgan fingerprint density at radius 3 is 2.66 bits per heavy atom. The van der Waals surface area contributed by atoms with Crippen molar-refractivity contribution in [1.29, 1.82) is 0 Å². The number of aryl methyl sites for hydroxylation is 1. The Balaban J connectivity index is 1.37. The fraction of sp³-hybridized carbons (Fsp3) is 0.478. The van der Waals surface area contributed by atoms with E-state index < -0.39 is 11.6 Å². The van der Waals surface area contributed by atoms with Gasteiger partial charge in [-0.2, -0.15) is 0 Å². The van der Waals surface area contributed by atoms with Crippen molar-refractivity contribution >= 4 is 17.8 Å². The van der Waals surface area contributed by atoms with E-state index in [0.29, 0.717) is 38.3 Å². The summed E-state index contributed by atoms with van der Waals surface area (Å²) in [7, 11) is 0. The lowest BCUT2D eigenvalue weighted by Crippen LogP contribution is -2.46. The van der Waals surface area contributed by atoms with E-state index in [4.69, 9.17) is 10.5 Å². The van der Waals surface area contributed by atoms with Gasteiger partial charge in [0.25, 0.3) is 0 Å². The third kappa shape index (κ3) is 5.05. The zero-order chi connectivity index (χ0) is 22.7. The molecule has 2 aromatic rings. The zero-order valence-corrected chi connectivity index (χ0v) is 18.3. The third-order valence-electron chi connectivity index (χ3n) is 6.11. The van der Waals surface area contributed by atoms with Crippen LogP contribution >= 0.6 is 0 Å². The standard InChI is InChI=1S/C23H29N5O4/c1-23(31)4-7-27(8-5-23)20(29)15-32-14-16-9-18(12-25-11-16)19-10-17-3-2-6-28(22(24)30)21(17)26-13-19/h9-13,31H,2-8,14-15H2,1H3,(H2,24,30). The van der Waals surface area contributed by atoms with Gasteiger partial charge in [-0.3, -0.25) is 14.7 Å². The number of ether oxygens (including phenoxy) is 1. The van der Waals surface area contributed by atoms with Gasteiger partial charge in [0.2, 0.25) is 5.91 Å². The van der Waals surface area contributed by atoms with Crippen LogP contribution in [0.2, 0.25) is 0 Å². The van der Waals surface area contributed by atoms with Gasteiger partial charge < -0.3 is 20.5 Å². The number of hydrogen-bond donors (Lipinski definition) is 2. The Hall–Kier alpha value is -3.04. The lowest BCUT2D eigenvalue weighted by Gasteiger charge is -2.35. The number of hydrogen-bond acceptors (Lipinski definition) is 6. The van der Waals surface area contributed by atoms with Crippen molar-refractivity contribution in [2.75, 3.05) is 31.1 Å². The maximum Gasteiger partial charge on any atom is 0.320 e. The largest absolute Gasteiger partial charge is 0.390 e. The number of nitrogens with two attached hydrogens (primary N) is 1. The Morgan fingerprint density at radius 2 is 1.91 bits per heavy atom. The molecule has 9 nitrogen and oxygen atoms in total. The number of piperidine rings is 1. The molecule has 9 heteroatoms. The Morgan fingerprint density at radius 1 is 1.16 bits per heavy atom. The summed E-state index contributed by atoms with van der Waals surface area (Å²) >= 11 is 0. The van der Waals surface area contributed by atoms with Gasteiger partial charge in [0.05, 0.1) is 12.2 Å². The molecule has 0 bridgehead atoms. The molecule has 0 spiro atoms. The van der Waals surface area contributed by atoms with Gasteiger partial charge in [-0.15, -0.1) is 0 Å². The van der Waals surface area contributed by atoms with Crippen LogP contribution in [0.5, 0.6) is 0 Å². The summed E-state index contributed by atoms with van der Waals surface area (Å²) in [5, 5.41) is 10.0. The monoisotopic (exact) mass is 439 g/mol. The number of pyridine rings is 2. The van der Waals surface area contributed by atoms with Gasteiger partial charge >= 0.3 is 6.03 Å². The van der Waals surface area contributed by atoms with Crippen molar-refractivity contribution in [2.24, 2.45) is 5.73 Å². The van der Waals surface area contributed by atoms with Crippen LogP contribution in [0.25, 0.3) is 11.1 Å². The summed E-state index contributed by atoms with van der Waals surface area (Å²) in [6.45, 7) is 3.74. The first-order valence-electron chi connectivity index (χ1n) is 10.9. The van der Waals surface area contributed by atoms with Gasteiger partial charge in [-0.25, -0.2) is 9.78 Å². The minimum atomic E-state index is -0.687. The number of primary amides is 1. The highest BCUT2D eigenvalue weighted by Crippen LogP contribution is 2.29. The SMILES string of the molecule is CC1(O)CCN(C(=O)COCc2cncc(-c3cnc4c(c3)CCCN4C(N)=O)c2)CC1. The van der Waals surface area contributed by atoms with Crippen LogP contribution in [-0.4, -0.2) is 63.8 Å². The molecule has 1 saturated heterocycles. The predicted molar refractivity (Wildman–Crippen MR) is 119 cm³/mol. The average molecular weight is 440 g/mol. The summed E-state index contributed by atoms with van der Waals surface area (Å²) in [6, 6.07) is 3.50. The van der Waals surface area contributed by atoms with Crippen molar-refractivity contribution in [1.82, 2.24) is 14.9 Å². The topological polar surface area (TPSA) is 122 Å². The van der Waals surface area contributed by atoms with Crippen LogP contribution in [0.3, 0.4) is 0 Å². The summed E-state index contributed by atoms with van der Waals surface area (Å²) in [5.74, 6) is 0.556. The average Bonchev–Trinajstić information content (AvgIpc) is 2.78. The Kier molecular flexibility index (Phi) is 6.38. The van der Waals surface area contributed by atoms with Crippen molar-refractivity contribution in [3.8, 4) is 11.1 Å². The second kappa shape index (κ2) is 9.22. The third-order valence-corrected chi connectivity index (χ3v) is 6.11. The number of carbonyl (C=O) groups excluding carboxylic acids is 2. The molecule has 0 saturated carbocycles. The predicted octanol–water partition coefficient (Wildman–Crippen LogP) is 1.86. The number of nitrogens with zero attached hydrogens (tertiary/aromatic N) is 4. The molecule has 3 amide bonds. The van der Waals surface area contributed by atoms with Crippen molar-refractivity contribution < 1.29 is 19.4 Å². The van der Waals surface area contributed by atoms with Crippen LogP contribution in [0, 0.1) is 0 Å². The summed E-state index contributed by atoms with van der Waals surface area (Å²) in [6.07, 6.45) is 8.03. The molecular formula is C23H29N5O4. The van der Waals surface area contributed by atoms with E-state index in [9.17, 15) is 14.7 Å². The molecule has 1 fully saturated rings. The van der Waals surface area contributed by atoms with Crippen LogP contribution in [0.15, 0.2) is 30.7 Å². The number of fused-ring (bicyclic) bond motifs is 1. The Bertz CT molecular complexity index is 1000. The van der Waals surface area contributed by atoms with E-state index in [2.05, 4.69) is 9.97 Å². The molecule has 3 N–H and O–H groups in total. The smallest absolute Gasteiger partial charge is 0.320 e. The van der Waals surface area contributed by atoms with Crippen LogP contribution in [0.1, 0.15) is 37.3 Å². The Labute approximate surface area is 187 Å². The molecule has 2 aromatic heterocycles. The molecule has 4 rings (SSSR count). The van der Waals surface area contributed by atoms with Crippen molar-refractivity contribution in [3.05, 3.63) is 41.9 Å². The normalized spacial score (nSPS) is 17.7. The number of likely N-dealkylation sites (tertiary alicyclic amines) is 1. The maximum atomic E-state index is 12.4. The van der Waals surface area contributed by atoms with E-state index in [1.807, 2.05) is 12.1 Å². The van der Waals surface area contributed by atoms with Gasteiger partial charge in [-0.1, -0.05) is 0 Å². The number of amides is 3. The van der Waals surface area contributed by atoms with Gasteiger partial charge in [0.1, 0.15) is 12.4 Å². The van der Waals surface area contributed by atoms with E-state index in [-0.39, 0.29) is 19.1 Å². The molecule has 0 aliphatic carbocycles. The van der Waals surface area contributed by atoms with Crippen molar-refractivity contribution in [2.45, 2.75) is 44.8 Å². The van der Waals surface area contributed by atoms with Gasteiger partial charge in [0, 0.05) is 49.4 Å². The fourth-order valence-electron chi connectivity index (χ4n) is 4.15. The molecule has 2 aliphatic heterocycles. The van der Waals surface area contributed by atoms with E-state index in [1.165, 1.54) is 4.90 Å². The molecule has 2 aliphatic rings. The number of rotatable bonds is 5. The summed E-state index contributed by atoms with van der Waals surface area (Å²) in [5.41, 5.74) is 8.41. The van der Waals surface area contributed by atoms with E-state index in [0.717, 1.165) is 35.1 Å². The van der Waals surface area contributed by atoms with Gasteiger partial charge in [0.15, 0.2) is 0 Å². The minimum Gasteiger partial charge on any atom is -0.390 e. The highest BCUT2D eigenvalue weighted by atomic mass is 16.5. The molecule has 170 valence electrons. The van der Waals surface area contributed by atoms with Crippen molar-refractivity contribution in [3.63, 3.8) is 0 Å². The minimum absolute atomic E-state index is 0.00424. The van der Waals surface area contributed by atoms with Crippen LogP contribution < -0.4 is 10.6 Å². The summed E-state index contributed by atoms with van der Waals surface area (Å²) < 4.78 is 5.64. The number of aliphatic hydroxyl groups is 1. The van der Waals surface area contributed by atoms with E-state index >= 15 is 0 Å². The maximum absolute atomic E-state index is 12.4. The molecular weight excluding hydrogens is 410 g/mol. The fourth-order valence-corrected chi connectivity index (χ4v) is 4.15. The number of aromatic nitrogens is 2. The molecule has 0 radical (unpaired) electrons. The second-order valence-corrected chi connectivity index (χ2v) is 8.75. The molecule has 4 heterocycles. The van der Waals surface area contributed by atoms with Gasteiger partial charge in [-0.05, 0) is 55.9 Å². The highest BCUT2D eigenvalue weighted by Gasteiger charge is 2.29. The molecule has 32 heavy (non-hydrogen) atoms. The zero-order valence-electron chi connectivity index (χ0n) is 18.3. The number of carbonyl (C=O) groups is 2. The molecule has 0 aromatic carbocycles. The summed E-state index contributed by atoms with van der Waals surface area (Å²) in [4.78, 5) is 36.0. The quantitative estimate of drug-likeness (QED) is 0.733. The van der Waals surface area contributed by atoms with Crippen LogP contribution in [0.4, 0.5) is 10.6 Å². The lowest BCUT2D eigenvalue weighted by molar-refractivity contribution is -0.140. The number of urea groups is 1. The molecule has 0 atom stereocenters. The lowest BCUT2D eigenvalue weighted by atomic mass is 9.94. The molecule has 0 unspecified atom stereocenters. The first-order valence-corrected chi connectivity index (χ1v) is 10.9.